The van der Waals surface area contributed by atoms with E-state index in [0.29, 0.717) is 0 Å². The highest BCUT2D eigenvalue weighted by Crippen LogP contribution is 2.30. The van der Waals surface area contributed by atoms with Crippen LogP contribution in [0.25, 0.3) is 0 Å². The molecule has 2 aromatic carbocycles. The molecule has 1 aliphatic carbocycles. The van der Waals surface area contributed by atoms with Crippen molar-refractivity contribution in [1.29, 1.82) is 0 Å². The number of hydrogen-bond acceptors (Lipinski definition) is 2. The summed E-state index contributed by atoms with van der Waals surface area (Å²) in [7, 11) is 0. The van der Waals surface area contributed by atoms with Gasteiger partial charge in [-0.05, 0) is 86.1 Å². The lowest BCUT2D eigenvalue weighted by Gasteiger charge is -2.22. The quantitative estimate of drug-likeness (QED) is 0.796. The molecule has 2 aromatic rings. The molecule has 20 heavy (non-hydrogen) atoms. The molecule has 3 rings (SSSR count). The zero-order chi connectivity index (χ0) is 14.1. The topological polar surface area (TPSA) is 23.5 Å². The molecule has 0 aromatic heterocycles. The van der Waals surface area contributed by atoms with Gasteiger partial charge in [-0.15, -0.1) is 0 Å². The third kappa shape index (κ3) is 2.44. The van der Waals surface area contributed by atoms with Crippen LogP contribution in [0.15, 0.2) is 36.4 Å². The van der Waals surface area contributed by atoms with Crippen LogP contribution in [0.1, 0.15) is 35.1 Å². The van der Waals surface area contributed by atoms with Crippen LogP contribution >= 0.6 is 0 Å². The Morgan fingerprint density at radius 2 is 1.45 bits per heavy atom. The lowest BCUT2D eigenvalue weighted by molar-refractivity contribution is 0.301. The lowest BCUT2D eigenvalue weighted by Crippen LogP contribution is -2.12. The SMILES string of the molecule is Cc1ccc(N(O)c2ccc3c(c2)CCCC3)cc1C. The van der Waals surface area contributed by atoms with Crippen molar-refractivity contribution in [2.24, 2.45) is 0 Å². The molecule has 0 heterocycles. The minimum absolute atomic E-state index is 0.823. The van der Waals surface area contributed by atoms with Crippen molar-refractivity contribution < 1.29 is 5.21 Å². The predicted molar refractivity (Wildman–Crippen MR) is 82.9 cm³/mol. The molecule has 1 N–H and O–H groups in total. The molecule has 1 aliphatic rings. The van der Waals surface area contributed by atoms with E-state index in [-0.39, 0.29) is 0 Å². The van der Waals surface area contributed by atoms with Crippen molar-refractivity contribution in [3.8, 4) is 0 Å². The van der Waals surface area contributed by atoms with E-state index < -0.39 is 0 Å². The van der Waals surface area contributed by atoms with Gasteiger partial charge in [-0.2, -0.15) is 0 Å². The smallest absolute Gasteiger partial charge is 0.0696 e. The summed E-state index contributed by atoms with van der Waals surface area (Å²) < 4.78 is 0. The standard InChI is InChI=1S/C18H21NO/c1-13-7-9-17(11-14(13)2)19(20)18-10-8-15-5-3-4-6-16(15)12-18/h7-12,20H,3-6H2,1-2H3. The van der Waals surface area contributed by atoms with Crippen molar-refractivity contribution in [3.63, 3.8) is 0 Å². The van der Waals surface area contributed by atoms with Gasteiger partial charge in [0.1, 0.15) is 0 Å². The molecule has 2 heteroatoms. The van der Waals surface area contributed by atoms with Gasteiger partial charge in [0, 0.05) is 0 Å². The Morgan fingerprint density at radius 1 is 0.800 bits per heavy atom. The largest absolute Gasteiger partial charge is 0.284 e. The number of benzene rings is 2. The molecule has 0 atom stereocenters. The summed E-state index contributed by atoms with van der Waals surface area (Å²) in [6.45, 7) is 4.15. The van der Waals surface area contributed by atoms with Gasteiger partial charge in [0.25, 0.3) is 0 Å². The van der Waals surface area contributed by atoms with Crippen LogP contribution in [-0.4, -0.2) is 5.21 Å². The van der Waals surface area contributed by atoms with Crippen molar-refractivity contribution in [2.45, 2.75) is 39.5 Å². The minimum atomic E-state index is 0.823. The second-order valence-electron chi connectivity index (χ2n) is 5.74. The molecule has 0 spiro atoms. The molecule has 0 saturated heterocycles. The first kappa shape index (κ1) is 13.2. The minimum Gasteiger partial charge on any atom is -0.284 e. The van der Waals surface area contributed by atoms with Gasteiger partial charge in [-0.1, -0.05) is 12.1 Å². The van der Waals surface area contributed by atoms with Crippen molar-refractivity contribution in [3.05, 3.63) is 58.7 Å². The van der Waals surface area contributed by atoms with Crippen molar-refractivity contribution in [1.82, 2.24) is 0 Å². The summed E-state index contributed by atoms with van der Waals surface area (Å²) in [6, 6.07) is 12.3. The van der Waals surface area contributed by atoms with E-state index in [1.807, 2.05) is 24.3 Å². The van der Waals surface area contributed by atoms with Gasteiger partial charge in [0.05, 0.1) is 11.4 Å². The second kappa shape index (κ2) is 5.29. The monoisotopic (exact) mass is 267 g/mol. The Hall–Kier alpha value is -1.80. The summed E-state index contributed by atoms with van der Waals surface area (Å²) in [6.07, 6.45) is 4.84. The van der Waals surface area contributed by atoms with E-state index in [9.17, 15) is 5.21 Å². The Kier molecular flexibility index (Phi) is 3.49. The van der Waals surface area contributed by atoms with Crippen LogP contribution in [0.4, 0.5) is 11.4 Å². The summed E-state index contributed by atoms with van der Waals surface area (Å²) in [5, 5.41) is 11.7. The van der Waals surface area contributed by atoms with E-state index >= 15 is 0 Å². The predicted octanol–water partition coefficient (Wildman–Crippen LogP) is 4.71. The Balaban J connectivity index is 1.93. The number of hydrogen-bond donors (Lipinski definition) is 1. The van der Waals surface area contributed by atoms with Crippen LogP contribution < -0.4 is 5.06 Å². The maximum Gasteiger partial charge on any atom is 0.0696 e. The molecular weight excluding hydrogens is 246 g/mol. The fourth-order valence-corrected chi connectivity index (χ4v) is 2.86. The lowest BCUT2D eigenvalue weighted by atomic mass is 9.91. The highest BCUT2D eigenvalue weighted by molar-refractivity contribution is 5.63. The maximum atomic E-state index is 10.4. The van der Waals surface area contributed by atoms with Gasteiger partial charge in [0.15, 0.2) is 0 Å². The molecule has 0 amide bonds. The van der Waals surface area contributed by atoms with E-state index in [0.717, 1.165) is 17.8 Å². The highest BCUT2D eigenvalue weighted by Gasteiger charge is 2.13. The van der Waals surface area contributed by atoms with Gasteiger partial charge >= 0.3 is 0 Å². The first-order valence-corrected chi connectivity index (χ1v) is 7.33. The fourth-order valence-electron chi connectivity index (χ4n) is 2.86. The van der Waals surface area contributed by atoms with Crippen LogP contribution in [-0.2, 0) is 12.8 Å². The second-order valence-corrected chi connectivity index (χ2v) is 5.74. The molecule has 0 bridgehead atoms. The van der Waals surface area contributed by atoms with E-state index in [1.54, 1.807) is 0 Å². The molecule has 0 saturated carbocycles. The van der Waals surface area contributed by atoms with Gasteiger partial charge in [-0.25, -0.2) is 5.06 Å². The van der Waals surface area contributed by atoms with Crippen molar-refractivity contribution in [2.75, 3.05) is 5.06 Å². The summed E-state index contributed by atoms with van der Waals surface area (Å²) in [5.74, 6) is 0. The average molecular weight is 267 g/mol. The number of aryl methyl sites for hydroxylation is 4. The Morgan fingerprint density at radius 3 is 2.20 bits per heavy atom. The Bertz CT molecular complexity index is 633. The summed E-state index contributed by atoms with van der Waals surface area (Å²) in [5.41, 5.74) is 6.94. The van der Waals surface area contributed by atoms with E-state index in [1.165, 1.54) is 46.6 Å². The summed E-state index contributed by atoms with van der Waals surface area (Å²) in [4.78, 5) is 0. The number of rotatable bonds is 2. The maximum absolute atomic E-state index is 10.4. The van der Waals surface area contributed by atoms with Gasteiger partial charge in [-0.3, -0.25) is 5.21 Å². The van der Waals surface area contributed by atoms with Gasteiger partial charge in [0.2, 0.25) is 0 Å². The molecule has 0 radical (unpaired) electrons. The van der Waals surface area contributed by atoms with Crippen molar-refractivity contribution >= 4 is 11.4 Å². The summed E-state index contributed by atoms with van der Waals surface area (Å²) >= 11 is 0. The number of fused-ring (bicyclic) bond motifs is 1. The third-order valence-corrected chi connectivity index (χ3v) is 4.31. The third-order valence-electron chi connectivity index (χ3n) is 4.31. The first-order valence-electron chi connectivity index (χ1n) is 7.33. The fraction of sp³-hybridized carbons (Fsp3) is 0.333. The molecule has 0 aliphatic heterocycles. The molecular formula is C18H21NO. The highest BCUT2D eigenvalue weighted by atomic mass is 16.5. The normalized spacial score (nSPS) is 13.9. The zero-order valence-electron chi connectivity index (χ0n) is 12.2. The molecule has 0 fully saturated rings. The van der Waals surface area contributed by atoms with E-state index in [2.05, 4.69) is 26.0 Å². The number of nitrogens with zero attached hydrogens (tertiary/aromatic N) is 1. The first-order chi connectivity index (χ1) is 9.65. The Labute approximate surface area is 120 Å². The molecule has 2 nitrogen and oxygen atoms in total. The van der Waals surface area contributed by atoms with Crippen LogP contribution in [0.2, 0.25) is 0 Å². The molecule has 104 valence electrons. The van der Waals surface area contributed by atoms with Crippen LogP contribution in [0, 0.1) is 13.8 Å². The average Bonchev–Trinajstić information content (AvgIpc) is 2.49. The van der Waals surface area contributed by atoms with E-state index in [4.69, 9.17) is 0 Å². The van der Waals surface area contributed by atoms with Crippen LogP contribution in [0.3, 0.4) is 0 Å². The zero-order valence-corrected chi connectivity index (χ0v) is 12.2. The van der Waals surface area contributed by atoms with Crippen LogP contribution in [0.5, 0.6) is 0 Å². The number of anilines is 2. The van der Waals surface area contributed by atoms with Gasteiger partial charge < -0.3 is 0 Å². The molecule has 0 unspecified atom stereocenters.